The Labute approximate surface area is 283 Å². The zero-order valence-electron chi connectivity index (χ0n) is 26.1. The highest BCUT2D eigenvalue weighted by atomic mass is 32.2. The zero-order chi connectivity index (χ0) is 32.0. The molecule has 0 atom stereocenters. The van der Waals surface area contributed by atoms with Gasteiger partial charge >= 0.3 is 0 Å². The number of pyridine rings is 1. The lowest BCUT2D eigenvalue weighted by molar-refractivity contribution is 1.17. The van der Waals surface area contributed by atoms with E-state index in [4.69, 9.17) is 4.98 Å². The van der Waals surface area contributed by atoms with Crippen LogP contribution in [-0.4, -0.2) is 9.55 Å². The third-order valence-electron chi connectivity index (χ3n) is 9.37. The van der Waals surface area contributed by atoms with Gasteiger partial charge in [0.1, 0.15) is 0 Å². The minimum atomic E-state index is 0.674. The van der Waals surface area contributed by atoms with E-state index >= 15 is 0 Å². The van der Waals surface area contributed by atoms with Crippen molar-refractivity contribution in [3.05, 3.63) is 168 Å². The highest BCUT2D eigenvalue weighted by molar-refractivity contribution is 7.97. The monoisotopic (exact) mass is 631 g/mol. The van der Waals surface area contributed by atoms with Crippen LogP contribution in [0.1, 0.15) is 16.7 Å². The van der Waals surface area contributed by atoms with Crippen LogP contribution in [-0.2, 0) is 11.5 Å². The van der Waals surface area contributed by atoms with Crippen molar-refractivity contribution in [3.63, 3.8) is 0 Å². The summed E-state index contributed by atoms with van der Waals surface area (Å²) in [7, 11) is 0. The standard InChI is InChI=1S/C44H29N3S/c45-26-29-15-20-44-40(21-29)37-13-7-8-14-43(37)47(44)36-19-18-34-28-48-27-33-17-16-32(22-38(33)39(34)25-36)35-23-41(30-9-3-1-4-10-30)46-42(24-35)31-11-5-2-6-12-31/h1-25H,27-28H2. The van der Waals surface area contributed by atoms with Gasteiger partial charge in [0.25, 0.3) is 0 Å². The first-order valence-electron chi connectivity index (χ1n) is 16.1. The normalized spacial score (nSPS) is 12.3. The number of thioether (sulfide) groups is 1. The number of nitrogens with zero attached hydrogens (tertiary/aromatic N) is 3. The van der Waals surface area contributed by atoms with Gasteiger partial charge in [0.2, 0.25) is 0 Å². The second kappa shape index (κ2) is 11.7. The predicted octanol–water partition coefficient (Wildman–Crippen LogP) is 11.5. The maximum absolute atomic E-state index is 9.63. The lowest BCUT2D eigenvalue weighted by Gasteiger charge is -2.16. The molecule has 48 heavy (non-hydrogen) atoms. The maximum atomic E-state index is 9.63. The van der Waals surface area contributed by atoms with Crippen molar-refractivity contribution in [2.75, 3.05) is 0 Å². The summed E-state index contributed by atoms with van der Waals surface area (Å²) in [5, 5.41) is 11.9. The van der Waals surface area contributed by atoms with Crippen molar-refractivity contribution < 1.29 is 0 Å². The van der Waals surface area contributed by atoms with Crippen molar-refractivity contribution in [2.45, 2.75) is 11.5 Å². The Morgan fingerprint density at radius 1 is 0.521 bits per heavy atom. The van der Waals surface area contributed by atoms with Crippen LogP contribution in [0.5, 0.6) is 0 Å². The number of rotatable bonds is 4. The van der Waals surface area contributed by atoms with E-state index in [0.717, 1.165) is 67.1 Å². The van der Waals surface area contributed by atoms with Crippen molar-refractivity contribution >= 4 is 33.6 Å². The Kier molecular flexibility index (Phi) is 6.92. The van der Waals surface area contributed by atoms with E-state index in [-0.39, 0.29) is 0 Å². The quantitative estimate of drug-likeness (QED) is 0.194. The average molecular weight is 632 g/mol. The minimum absolute atomic E-state index is 0.674. The Morgan fingerprint density at radius 3 is 1.85 bits per heavy atom. The largest absolute Gasteiger partial charge is 0.309 e. The molecule has 0 saturated carbocycles. The highest BCUT2D eigenvalue weighted by Crippen LogP contribution is 2.41. The number of aromatic nitrogens is 2. The van der Waals surface area contributed by atoms with Gasteiger partial charge in [0, 0.05) is 39.1 Å². The first kappa shape index (κ1) is 28.3. The molecule has 0 amide bonds. The van der Waals surface area contributed by atoms with Gasteiger partial charge in [-0.2, -0.15) is 17.0 Å². The van der Waals surface area contributed by atoms with Crippen LogP contribution in [0.15, 0.2) is 152 Å². The molecule has 0 N–H and O–H groups in total. The van der Waals surface area contributed by atoms with Crippen molar-refractivity contribution in [3.8, 4) is 56.5 Å². The molecule has 0 spiro atoms. The van der Waals surface area contributed by atoms with Gasteiger partial charge in [0.15, 0.2) is 0 Å². The fraction of sp³-hybridized carbons (Fsp3) is 0.0455. The molecule has 0 unspecified atom stereocenters. The molecule has 0 saturated heterocycles. The van der Waals surface area contributed by atoms with Gasteiger partial charge < -0.3 is 4.57 Å². The van der Waals surface area contributed by atoms with Gasteiger partial charge in [-0.1, -0.05) is 97.1 Å². The van der Waals surface area contributed by atoms with E-state index in [1.807, 2.05) is 36.0 Å². The summed E-state index contributed by atoms with van der Waals surface area (Å²) >= 11 is 1.97. The number of para-hydroxylation sites is 1. The second-order valence-corrected chi connectivity index (χ2v) is 13.2. The van der Waals surface area contributed by atoms with Gasteiger partial charge in [-0.3, -0.25) is 0 Å². The third kappa shape index (κ3) is 4.88. The predicted molar refractivity (Wildman–Crippen MR) is 200 cm³/mol. The molecule has 4 heteroatoms. The minimum Gasteiger partial charge on any atom is -0.309 e. The molecule has 0 bridgehead atoms. The molecule has 0 fully saturated rings. The number of hydrogen-bond donors (Lipinski definition) is 0. The average Bonchev–Trinajstić information content (AvgIpc) is 3.37. The highest BCUT2D eigenvalue weighted by Gasteiger charge is 2.19. The Hall–Kier alpha value is -5.89. The summed E-state index contributed by atoms with van der Waals surface area (Å²) < 4.78 is 2.34. The molecule has 2 aromatic heterocycles. The molecule has 1 aliphatic rings. The summed E-state index contributed by atoms with van der Waals surface area (Å²) in [5.41, 5.74) is 15.7. The molecule has 3 nitrogen and oxygen atoms in total. The smallest absolute Gasteiger partial charge is 0.0991 e. The molecular formula is C44H29N3S. The Bertz CT molecular complexity index is 2480. The van der Waals surface area contributed by atoms with E-state index in [9.17, 15) is 5.26 Å². The summed E-state index contributed by atoms with van der Waals surface area (Å²) in [5.74, 6) is 1.93. The van der Waals surface area contributed by atoms with Crippen LogP contribution in [0.25, 0.3) is 72.3 Å². The molecule has 0 radical (unpaired) electrons. The van der Waals surface area contributed by atoms with Crippen LogP contribution in [0.3, 0.4) is 0 Å². The van der Waals surface area contributed by atoms with E-state index in [0.29, 0.717) is 5.56 Å². The first-order valence-corrected chi connectivity index (χ1v) is 17.3. The molecule has 9 rings (SSSR count). The van der Waals surface area contributed by atoms with Gasteiger partial charge in [-0.25, -0.2) is 4.98 Å². The van der Waals surface area contributed by atoms with E-state index in [1.54, 1.807) is 0 Å². The van der Waals surface area contributed by atoms with Crippen molar-refractivity contribution in [2.24, 2.45) is 0 Å². The van der Waals surface area contributed by atoms with Gasteiger partial charge in [-0.15, -0.1) is 0 Å². The maximum Gasteiger partial charge on any atom is 0.0991 e. The number of benzene rings is 6. The van der Waals surface area contributed by atoms with Crippen LogP contribution >= 0.6 is 11.8 Å². The lowest BCUT2D eigenvalue weighted by Crippen LogP contribution is -1.97. The molecule has 8 aromatic rings. The van der Waals surface area contributed by atoms with E-state index < -0.39 is 0 Å². The molecule has 3 heterocycles. The number of hydrogen-bond acceptors (Lipinski definition) is 3. The number of nitriles is 1. The molecule has 0 aliphatic carbocycles. The number of fused-ring (bicyclic) bond motifs is 6. The molecular weight excluding hydrogens is 603 g/mol. The van der Waals surface area contributed by atoms with Crippen LogP contribution < -0.4 is 0 Å². The topological polar surface area (TPSA) is 41.6 Å². The van der Waals surface area contributed by atoms with Crippen LogP contribution in [0, 0.1) is 11.3 Å². The molecule has 1 aliphatic heterocycles. The second-order valence-electron chi connectivity index (χ2n) is 12.3. The SMILES string of the molecule is N#Cc1ccc2c(c1)c1ccccc1n2-c1ccc2c(c1)-c1cc(-c3cc(-c4ccccc4)nc(-c4ccccc4)c3)ccc1CSC2. The third-order valence-corrected chi connectivity index (χ3v) is 10.4. The summed E-state index contributed by atoms with van der Waals surface area (Å²) in [6.45, 7) is 0. The molecule has 6 aromatic carbocycles. The van der Waals surface area contributed by atoms with Crippen molar-refractivity contribution in [1.29, 1.82) is 5.26 Å². The Morgan fingerprint density at radius 2 is 1.15 bits per heavy atom. The summed E-state index contributed by atoms with van der Waals surface area (Å²) in [6.07, 6.45) is 0. The fourth-order valence-corrected chi connectivity index (χ4v) is 8.06. The van der Waals surface area contributed by atoms with E-state index in [1.165, 1.54) is 27.8 Å². The van der Waals surface area contributed by atoms with Gasteiger partial charge in [0.05, 0.1) is 34.1 Å². The van der Waals surface area contributed by atoms with Gasteiger partial charge in [-0.05, 0) is 88.0 Å². The molecule has 226 valence electrons. The Balaban J connectivity index is 1.23. The van der Waals surface area contributed by atoms with Crippen molar-refractivity contribution in [1.82, 2.24) is 9.55 Å². The van der Waals surface area contributed by atoms with E-state index in [2.05, 4.69) is 138 Å². The fourth-order valence-electron chi connectivity index (χ4n) is 7.02. The lowest BCUT2D eigenvalue weighted by atomic mass is 9.91. The first-order chi connectivity index (χ1) is 23.7. The summed E-state index contributed by atoms with van der Waals surface area (Å²) in [4.78, 5) is 5.11. The zero-order valence-corrected chi connectivity index (χ0v) is 26.9. The summed E-state index contributed by atoms with van der Waals surface area (Å²) in [6, 6.07) is 56.0. The van der Waals surface area contributed by atoms with Crippen LogP contribution in [0.4, 0.5) is 0 Å². The van der Waals surface area contributed by atoms with Crippen LogP contribution in [0.2, 0.25) is 0 Å².